The molecule has 5 nitrogen and oxygen atoms in total. The molecule has 0 aromatic heterocycles. The molecule has 1 atom stereocenters. The highest BCUT2D eigenvalue weighted by Crippen LogP contribution is 2.37. The summed E-state index contributed by atoms with van der Waals surface area (Å²) in [7, 11) is 1.60. The summed E-state index contributed by atoms with van der Waals surface area (Å²) in [5, 5.41) is 20.6. The van der Waals surface area contributed by atoms with Crippen LogP contribution in [0.2, 0.25) is 10.0 Å². The highest BCUT2D eigenvalue weighted by molar-refractivity contribution is 6.39. The molecule has 1 unspecified atom stereocenters. The first-order valence-corrected chi connectivity index (χ1v) is 12.0. The third-order valence-electron chi connectivity index (χ3n) is 5.15. The molecule has 0 saturated heterocycles. The van der Waals surface area contributed by atoms with Crippen molar-refractivity contribution in [2.45, 2.75) is 19.8 Å². The number of carbonyl (C=O) groups excluding carboxylic acids is 1. The van der Waals surface area contributed by atoms with Crippen LogP contribution >= 0.6 is 23.2 Å². The van der Waals surface area contributed by atoms with Crippen LogP contribution in [-0.4, -0.2) is 29.9 Å². The average molecular weight is 569 g/mol. The number of ether oxygens (including phenoxy) is 2. The lowest BCUT2D eigenvalue weighted by Crippen LogP contribution is -2.12. The van der Waals surface area contributed by atoms with Gasteiger partial charge in [-0.1, -0.05) is 59.6 Å². The Kier molecular flexibility index (Phi) is 11.6. The van der Waals surface area contributed by atoms with E-state index in [2.05, 4.69) is 0 Å². The fourth-order valence-corrected chi connectivity index (χ4v) is 3.78. The van der Waals surface area contributed by atoms with E-state index in [0.29, 0.717) is 28.5 Å². The first-order valence-electron chi connectivity index (χ1n) is 11.2. The summed E-state index contributed by atoms with van der Waals surface area (Å²) in [6.45, 7) is 3.95. The number of halogens is 5. The summed E-state index contributed by atoms with van der Waals surface area (Å²) in [5.41, 5.74) is 0.848. The largest absolute Gasteiger partial charge is 0.508 e. The van der Waals surface area contributed by atoms with E-state index in [4.69, 9.17) is 42.9 Å². The van der Waals surface area contributed by atoms with E-state index in [1.165, 1.54) is 0 Å². The van der Waals surface area contributed by atoms with E-state index in [9.17, 15) is 18.0 Å². The molecule has 38 heavy (non-hydrogen) atoms. The zero-order chi connectivity index (χ0) is 28.4. The third kappa shape index (κ3) is 7.94. The monoisotopic (exact) mass is 568 g/mol. The number of aromatic hydroxyl groups is 2. The van der Waals surface area contributed by atoms with Gasteiger partial charge in [-0.15, -0.1) is 0 Å². The van der Waals surface area contributed by atoms with E-state index in [-0.39, 0.29) is 17.6 Å². The third-order valence-corrected chi connectivity index (χ3v) is 5.74. The van der Waals surface area contributed by atoms with Gasteiger partial charge in [0.2, 0.25) is 5.82 Å². The Balaban J connectivity index is 0.000000204. The lowest BCUT2D eigenvalue weighted by Gasteiger charge is -2.10. The fraction of sp³-hybridized carbons (Fsp3) is 0.179. The zero-order valence-electron chi connectivity index (χ0n) is 20.6. The van der Waals surface area contributed by atoms with Crippen molar-refractivity contribution in [3.8, 4) is 17.2 Å². The quantitative estimate of drug-likeness (QED) is 0.192. The molecular formula is C28H25Cl2F3O5. The Bertz CT molecular complexity index is 1350. The van der Waals surface area contributed by atoms with E-state index in [1.807, 2.05) is 24.3 Å². The first kappa shape index (κ1) is 30.6. The van der Waals surface area contributed by atoms with Crippen molar-refractivity contribution in [3.63, 3.8) is 0 Å². The van der Waals surface area contributed by atoms with Gasteiger partial charge in [0.1, 0.15) is 11.5 Å². The predicted octanol–water partition coefficient (Wildman–Crippen LogP) is 8.02. The van der Waals surface area contributed by atoms with Gasteiger partial charge in [-0.05, 0) is 49.7 Å². The highest BCUT2D eigenvalue weighted by atomic mass is 35.5. The zero-order valence-corrected chi connectivity index (χ0v) is 22.2. The number of benzene rings is 4. The van der Waals surface area contributed by atoms with Crippen molar-refractivity contribution in [3.05, 3.63) is 99.8 Å². The van der Waals surface area contributed by atoms with Crippen molar-refractivity contribution in [2.24, 2.45) is 0 Å². The summed E-state index contributed by atoms with van der Waals surface area (Å²) in [4.78, 5) is 11.3. The highest BCUT2D eigenvalue weighted by Gasteiger charge is 2.15. The van der Waals surface area contributed by atoms with Gasteiger partial charge in [0, 0.05) is 10.8 Å². The molecule has 4 aromatic rings. The Morgan fingerprint density at radius 1 is 0.895 bits per heavy atom. The Morgan fingerprint density at radius 2 is 1.50 bits per heavy atom. The average Bonchev–Trinajstić information content (AvgIpc) is 2.91. The second kappa shape index (κ2) is 14.4. The fourth-order valence-electron chi connectivity index (χ4n) is 3.16. The second-order valence-corrected chi connectivity index (χ2v) is 8.49. The summed E-state index contributed by atoms with van der Waals surface area (Å²) >= 11 is 12.1. The van der Waals surface area contributed by atoms with Crippen molar-refractivity contribution >= 4 is 39.9 Å². The normalized spacial score (nSPS) is 10.9. The molecule has 0 aliphatic heterocycles. The molecule has 2 N–H and O–H groups in total. The van der Waals surface area contributed by atoms with E-state index >= 15 is 0 Å². The summed E-state index contributed by atoms with van der Waals surface area (Å²) in [5.74, 6) is -5.06. The van der Waals surface area contributed by atoms with Crippen LogP contribution in [0.5, 0.6) is 17.2 Å². The van der Waals surface area contributed by atoms with Crippen LogP contribution in [0.3, 0.4) is 0 Å². The van der Waals surface area contributed by atoms with Gasteiger partial charge >= 0.3 is 5.97 Å². The van der Waals surface area contributed by atoms with E-state index in [0.717, 1.165) is 22.4 Å². The SMILES string of the molecule is CCOC(=O)C(C)c1ccc(O)cc1.COc1c(Cl)cc(Cl)c2ccccc12.Oc1ccc(F)c(F)c1F. The predicted molar refractivity (Wildman–Crippen MR) is 142 cm³/mol. The van der Waals surface area contributed by atoms with Crippen LogP contribution in [0.4, 0.5) is 13.2 Å². The van der Waals surface area contributed by atoms with Crippen molar-refractivity contribution in [2.75, 3.05) is 13.7 Å². The van der Waals surface area contributed by atoms with E-state index < -0.39 is 23.2 Å². The maximum absolute atomic E-state index is 12.1. The number of phenols is 2. The second-order valence-electron chi connectivity index (χ2n) is 7.68. The molecule has 0 spiro atoms. The maximum Gasteiger partial charge on any atom is 0.313 e. The smallest absolute Gasteiger partial charge is 0.313 e. The van der Waals surface area contributed by atoms with Gasteiger partial charge in [0.25, 0.3) is 0 Å². The topological polar surface area (TPSA) is 76.0 Å². The van der Waals surface area contributed by atoms with E-state index in [1.54, 1.807) is 51.3 Å². The minimum absolute atomic E-state index is 0.199. The van der Waals surface area contributed by atoms with Gasteiger partial charge in [-0.2, -0.15) is 4.39 Å². The number of phenolic OH excluding ortho intramolecular Hbond substituents is 2. The molecule has 4 rings (SSSR count). The van der Waals surface area contributed by atoms with Crippen LogP contribution in [-0.2, 0) is 9.53 Å². The van der Waals surface area contributed by atoms with Crippen LogP contribution < -0.4 is 4.74 Å². The number of rotatable bonds is 4. The lowest BCUT2D eigenvalue weighted by atomic mass is 10.0. The van der Waals surface area contributed by atoms with Gasteiger partial charge in [-0.25, -0.2) is 8.78 Å². The number of hydrogen-bond donors (Lipinski definition) is 2. The number of fused-ring (bicyclic) bond motifs is 1. The minimum Gasteiger partial charge on any atom is -0.508 e. The van der Waals surface area contributed by atoms with Crippen molar-refractivity contribution in [1.82, 2.24) is 0 Å². The van der Waals surface area contributed by atoms with Gasteiger partial charge in [0.15, 0.2) is 17.4 Å². The Morgan fingerprint density at radius 3 is 2.05 bits per heavy atom. The molecule has 0 bridgehead atoms. The lowest BCUT2D eigenvalue weighted by molar-refractivity contribution is -0.144. The van der Waals surface area contributed by atoms with Crippen molar-refractivity contribution in [1.29, 1.82) is 0 Å². The van der Waals surface area contributed by atoms with Crippen LogP contribution in [0.25, 0.3) is 10.8 Å². The van der Waals surface area contributed by atoms with Crippen molar-refractivity contribution < 1.29 is 37.7 Å². The molecule has 0 radical (unpaired) electrons. The molecule has 10 heteroatoms. The number of hydrogen-bond acceptors (Lipinski definition) is 5. The molecule has 0 saturated carbocycles. The van der Waals surface area contributed by atoms with Crippen LogP contribution in [0.1, 0.15) is 25.3 Å². The number of esters is 1. The van der Waals surface area contributed by atoms with Gasteiger partial charge in [-0.3, -0.25) is 4.79 Å². The molecule has 4 aromatic carbocycles. The molecule has 0 aliphatic rings. The summed E-state index contributed by atoms with van der Waals surface area (Å²) < 4.78 is 46.4. The molecule has 0 aliphatic carbocycles. The van der Waals surface area contributed by atoms with Crippen LogP contribution in [0, 0.1) is 17.5 Å². The van der Waals surface area contributed by atoms with Gasteiger partial charge < -0.3 is 19.7 Å². The molecule has 0 amide bonds. The molecule has 0 heterocycles. The van der Waals surface area contributed by atoms with Gasteiger partial charge in [0.05, 0.1) is 29.7 Å². The number of methoxy groups -OCH3 is 1. The number of carbonyl (C=O) groups is 1. The minimum atomic E-state index is -1.65. The molecular weight excluding hydrogens is 544 g/mol. The Labute approximate surface area is 228 Å². The standard InChI is InChI=1S/C11H8Cl2O.C11H14O3.C6H3F3O/c1-14-11-8-5-3-2-4-7(8)9(12)6-10(11)13;1-3-14-11(13)8(2)9-4-6-10(12)7-5-9;7-3-1-2-4(10)6(9)5(3)8/h2-6H,1H3;4-8,12H,3H2,1-2H3;1-2,10H. The molecule has 202 valence electrons. The Hall–Kier alpha value is -3.62. The maximum atomic E-state index is 12.1. The van der Waals surface area contributed by atoms with Crippen LogP contribution in [0.15, 0.2) is 66.7 Å². The summed E-state index contributed by atoms with van der Waals surface area (Å²) in [6, 6.07) is 17.4. The first-order chi connectivity index (χ1) is 18.0. The molecule has 0 fully saturated rings. The summed E-state index contributed by atoms with van der Waals surface area (Å²) in [6.07, 6.45) is 0.